The maximum atomic E-state index is 13.3. The molecule has 3 aromatic carbocycles. The van der Waals surface area contributed by atoms with E-state index in [1.807, 2.05) is 84.9 Å². The quantitative estimate of drug-likeness (QED) is 0.260. The maximum absolute atomic E-state index is 13.3. The summed E-state index contributed by atoms with van der Waals surface area (Å²) in [7, 11) is 1.64. The van der Waals surface area contributed by atoms with E-state index in [4.69, 9.17) is 15.5 Å². The van der Waals surface area contributed by atoms with Crippen molar-refractivity contribution in [1.29, 1.82) is 0 Å². The number of carbonyl (C=O) groups is 1. The van der Waals surface area contributed by atoms with Crippen molar-refractivity contribution in [2.24, 2.45) is 0 Å². The molecule has 0 bridgehead atoms. The van der Waals surface area contributed by atoms with Crippen LogP contribution >= 0.6 is 22.7 Å². The van der Waals surface area contributed by atoms with Crippen LogP contribution in [0.25, 0.3) is 42.8 Å². The number of benzene rings is 3. The van der Waals surface area contributed by atoms with Crippen LogP contribution in [0.1, 0.15) is 9.67 Å². The Morgan fingerprint density at radius 3 is 2.44 bits per heavy atom. The molecule has 0 saturated carbocycles. The molecule has 0 spiro atoms. The fourth-order valence-electron chi connectivity index (χ4n) is 4.21. The zero-order valence-corrected chi connectivity index (χ0v) is 20.8. The Balaban J connectivity index is 1.51. The first-order valence-corrected chi connectivity index (χ1v) is 12.8. The number of nitrogens with one attached hydrogen (secondary N) is 1. The van der Waals surface area contributed by atoms with Gasteiger partial charge in [0.05, 0.1) is 28.7 Å². The number of hydrogen-bond donors (Lipinski definition) is 2. The van der Waals surface area contributed by atoms with E-state index < -0.39 is 0 Å². The molecule has 0 unspecified atom stereocenters. The van der Waals surface area contributed by atoms with Crippen LogP contribution in [0.3, 0.4) is 0 Å². The minimum atomic E-state index is -0.304. The third-order valence-electron chi connectivity index (χ3n) is 5.89. The lowest BCUT2D eigenvalue weighted by atomic mass is 9.98. The molecule has 6 rings (SSSR count). The maximum Gasteiger partial charge on any atom is 0.269 e. The predicted octanol–water partition coefficient (Wildman–Crippen LogP) is 7.08. The Morgan fingerprint density at radius 1 is 0.889 bits per heavy atom. The second kappa shape index (κ2) is 9.07. The number of thiazole rings is 1. The number of ether oxygens (including phenoxy) is 1. The van der Waals surface area contributed by atoms with Crippen molar-refractivity contribution in [3.8, 4) is 28.1 Å². The van der Waals surface area contributed by atoms with Gasteiger partial charge in [0.15, 0.2) is 5.13 Å². The molecule has 3 aromatic heterocycles. The van der Waals surface area contributed by atoms with Crippen LogP contribution in [-0.2, 0) is 0 Å². The first kappa shape index (κ1) is 22.2. The van der Waals surface area contributed by atoms with Gasteiger partial charge in [0.25, 0.3) is 5.91 Å². The highest BCUT2D eigenvalue weighted by Gasteiger charge is 2.23. The number of aromatic nitrogens is 2. The average molecular weight is 509 g/mol. The molecule has 0 fully saturated rings. The summed E-state index contributed by atoms with van der Waals surface area (Å²) in [5, 5.41) is 4.19. The van der Waals surface area contributed by atoms with E-state index in [1.54, 1.807) is 7.11 Å². The first-order chi connectivity index (χ1) is 17.6. The number of amides is 1. The molecule has 3 N–H and O–H groups in total. The number of thiophene rings is 1. The molecular weight excluding hydrogens is 488 g/mol. The molecular formula is C28H20N4O2S2. The predicted molar refractivity (Wildman–Crippen MR) is 149 cm³/mol. The van der Waals surface area contributed by atoms with Crippen molar-refractivity contribution in [2.75, 3.05) is 18.2 Å². The lowest BCUT2D eigenvalue weighted by Crippen LogP contribution is -2.11. The van der Waals surface area contributed by atoms with Crippen molar-refractivity contribution >= 4 is 59.8 Å². The molecule has 6 aromatic rings. The summed E-state index contributed by atoms with van der Waals surface area (Å²) in [6.45, 7) is 0. The number of carbonyl (C=O) groups excluding carboxylic acids is 1. The van der Waals surface area contributed by atoms with E-state index in [9.17, 15) is 4.79 Å². The molecule has 0 radical (unpaired) electrons. The van der Waals surface area contributed by atoms with E-state index in [0.29, 0.717) is 20.5 Å². The highest BCUT2D eigenvalue weighted by Crippen LogP contribution is 2.44. The standard InChI is InChI=1S/C28H20N4O2S2/c1-34-21-13-7-5-11-17(21)18-15-20(16-9-3-2-4-10-16)30-27-23(18)24(29)25(36-27)26(33)32-28-31-19-12-6-8-14-22(19)35-28/h2-15H,29H2,1H3,(H,31,32,33). The molecule has 3 heterocycles. The largest absolute Gasteiger partial charge is 0.496 e. The SMILES string of the molecule is COc1ccccc1-c1cc(-c2ccccc2)nc2sc(C(=O)Nc3nc4ccccc4s3)c(N)c12. The smallest absolute Gasteiger partial charge is 0.269 e. The molecule has 8 heteroatoms. The van der Waals surface area contributed by atoms with Gasteiger partial charge in [0.2, 0.25) is 0 Å². The van der Waals surface area contributed by atoms with Crippen LogP contribution in [-0.4, -0.2) is 23.0 Å². The van der Waals surface area contributed by atoms with Gasteiger partial charge < -0.3 is 10.5 Å². The molecule has 176 valence electrons. The Bertz CT molecular complexity index is 1710. The van der Waals surface area contributed by atoms with Crippen LogP contribution in [0.15, 0.2) is 84.9 Å². The molecule has 0 aliphatic heterocycles. The Hall–Kier alpha value is -4.27. The first-order valence-electron chi connectivity index (χ1n) is 11.2. The summed E-state index contributed by atoms with van der Waals surface area (Å²) in [6.07, 6.45) is 0. The zero-order chi connectivity index (χ0) is 24.6. The summed E-state index contributed by atoms with van der Waals surface area (Å²) < 4.78 is 6.66. The fraction of sp³-hybridized carbons (Fsp3) is 0.0357. The summed E-state index contributed by atoms with van der Waals surface area (Å²) in [5.74, 6) is 0.414. The van der Waals surface area contributed by atoms with Gasteiger partial charge in [-0.15, -0.1) is 11.3 Å². The minimum Gasteiger partial charge on any atom is -0.496 e. The summed E-state index contributed by atoms with van der Waals surface area (Å²) in [6, 6.07) is 27.5. The number of rotatable bonds is 5. The summed E-state index contributed by atoms with van der Waals surface area (Å²) in [4.78, 5) is 23.8. The van der Waals surface area contributed by atoms with Gasteiger partial charge in [0, 0.05) is 16.5 Å². The number of pyridine rings is 1. The fourth-order valence-corrected chi connectivity index (χ4v) is 6.08. The number of nitrogens with zero attached hydrogens (tertiary/aromatic N) is 2. The number of nitrogen functional groups attached to an aromatic ring is 1. The van der Waals surface area contributed by atoms with Gasteiger partial charge in [-0.05, 0) is 29.8 Å². The third kappa shape index (κ3) is 3.86. The van der Waals surface area contributed by atoms with Crippen molar-refractivity contribution in [3.63, 3.8) is 0 Å². The van der Waals surface area contributed by atoms with Crippen LogP contribution in [0.4, 0.5) is 10.8 Å². The second-order valence-corrected chi connectivity index (χ2v) is 10.1. The third-order valence-corrected chi connectivity index (χ3v) is 7.94. The molecule has 1 amide bonds. The number of hydrogen-bond acceptors (Lipinski definition) is 7. The monoisotopic (exact) mass is 508 g/mol. The van der Waals surface area contributed by atoms with E-state index >= 15 is 0 Å². The highest BCUT2D eigenvalue weighted by atomic mass is 32.1. The van der Waals surface area contributed by atoms with Crippen molar-refractivity contribution in [1.82, 2.24) is 9.97 Å². The van der Waals surface area contributed by atoms with Gasteiger partial charge in [-0.3, -0.25) is 10.1 Å². The van der Waals surface area contributed by atoms with Gasteiger partial charge >= 0.3 is 0 Å². The zero-order valence-electron chi connectivity index (χ0n) is 19.2. The molecule has 0 aliphatic carbocycles. The number of nitrogens with two attached hydrogens (primary N) is 1. The summed E-state index contributed by atoms with van der Waals surface area (Å²) >= 11 is 2.70. The van der Waals surface area contributed by atoms with Crippen molar-refractivity contribution in [2.45, 2.75) is 0 Å². The number of para-hydroxylation sites is 2. The van der Waals surface area contributed by atoms with Gasteiger partial charge in [-0.2, -0.15) is 0 Å². The summed E-state index contributed by atoms with van der Waals surface area (Å²) in [5.41, 5.74) is 11.4. The molecule has 36 heavy (non-hydrogen) atoms. The molecule has 0 atom stereocenters. The average Bonchev–Trinajstić information content (AvgIpc) is 3.48. The minimum absolute atomic E-state index is 0.304. The Labute approximate surface area is 215 Å². The Morgan fingerprint density at radius 2 is 1.64 bits per heavy atom. The van der Waals surface area contributed by atoms with Crippen molar-refractivity contribution in [3.05, 3.63) is 89.8 Å². The Kier molecular flexibility index (Phi) is 5.59. The van der Waals surface area contributed by atoms with E-state index in [-0.39, 0.29) is 5.91 Å². The number of fused-ring (bicyclic) bond motifs is 2. The number of anilines is 2. The lowest BCUT2D eigenvalue weighted by molar-refractivity contribution is 0.103. The lowest BCUT2D eigenvalue weighted by Gasteiger charge is -2.12. The van der Waals surface area contributed by atoms with Crippen LogP contribution in [0.5, 0.6) is 5.75 Å². The molecule has 0 aliphatic rings. The van der Waals surface area contributed by atoms with Gasteiger partial charge in [-0.25, -0.2) is 9.97 Å². The van der Waals surface area contributed by atoms with Gasteiger partial charge in [-0.1, -0.05) is 72.0 Å². The van der Waals surface area contributed by atoms with E-state index in [2.05, 4.69) is 10.3 Å². The molecule has 0 saturated heterocycles. The van der Waals surface area contributed by atoms with Crippen molar-refractivity contribution < 1.29 is 9.53 Å². The second-order valence-electron chi connectivity index (χ2n) is 8.09. The number of methoxy groups -OCH3 is 1. The van der Waals surface area contributed by atoms with E-state index in [0.717, 1.165) is 43.7 Å². The van der Waals surface area contributed by atoms with Crippen LogP contribution in [0, 0.1) is 0 Å². The topological polar surface area (TPSA) is 90.1 Å². The van der Waals surface area contributed by atoms with Gasteiger partial charge in [0.1, 0.15) is 15.5 Å². The normalized spacial score (nSPS) is 11.1. The van der Waals surface area contributed by atoms with E-state index in [1.165, 1.54) is 22.7 Å². The highest BCUT2D eigenvalue weighted by molar-refractivity contribution is 7.23. The van der Waals surface area contributed by atoms with Crippen LogP contribution < -0.4 is 15.8 Å². The van der Waals surface area contributed by atoms with Crippen LogP contribution in [0.2, 0.25) is 0 Å². The molecule has 6 nitrogen and oxygen atoms in total.